The maximum absolute atomic E-state index is 13.2. The number of nitrogens with one attached hydrogen (secondary N) is 3. The molecule has 2 aliphatic heterocycles. The molecule has 300 valence electrons. The molecule has 0 bridgehead atoms. The number of carbonyl (C=O) groups is 3. The van der Waals surface area contributed by atoms with Gasteiger partial charge in [-0.1, -0.05) is 82.6 Å². The first-order valence-electron chi connectivity index (χ1n) is 19.4. The first-order chi connectivity index (χ1) is 26.8. The summed E-state index contributed by atoms with van der Waals surface area (Å²) in [6.45, 7) is 13.5. The summed E-state index contributed by atoms with van der Waals surface area (Å²) in [4.78, 5) is 44.8. The van der Waals surface area contributed by atoms with E-state index in [1.54, 1.807) is 25.3 Å². The van der Waals surface area contributed by atoms with Crippen molar-refractivity contribution in [1.82, 2.24) is 25.4 Å². The van der Waals surface area contributed by atoms with Crippen LogP contribution in [0.3, 0.4) is 0 Å². The standard InChI is InChI=1S/C31H31ClN4O5.C12H24N2O/c1-17-11-12-19-15-25(34-30(41-4)26(17)19)22-9-5-7-20(27(22)32)21-8-6-10-24(28(21)38)33-29(39)23-16-36(13-14-37)18(2)35(3)31(23)40;1-4-10(3)6-7-12(5-2)8-9-13-11(15)14-12/h5-10,15-17,37-38H,2,11-14H2,1,3-4H3,(H,33,39);10H,4-9H2,1-3H3,(H2,13,14,15). The van der Waals surface area contributed by atoms with E-state index in [1.165, 1.54) is 47.5 Å². The van der Waals surface area contributed by atoms with E-state index in [0.29, 0.717) is 45.0 Å². The molecule has 3 heterocycles. The number of aryl methyl sites for hydroxylation is 1. The Morgan fingerprint density at radius 2 is 1.89 bits per heavy atom. The van der Waals surface area contributed by atoms with Crippen LogP contribution in [0, 0.1) is 5.92 Å². The third kappa shape index (κ3) is 8.97. The second-order valence-corrected chi connectivity index (χ2v) is 15.3. The van der Waals surface area contributed by atoms with Crippen LogP contribution in [0.4, 0.5) is 10.5 Å². The van der Waals surface area contributed by atoms with Crippen molar-refractivity contribution >= 4 is 35.1 Å². The van der Waals surface area contributed by atoms with Gasteiger partial charge in [0.05, 0.1) is 30.1 Å². The van der Waals surface area contributed by atoms with Gasteiger partial charge in [0.2, 0.25) is 5.88 Å². The van der Waals surface area contributed by atoms with Gasteiger partial charge in [0.25, 0.3) is 11.8 Å². The number of likely N-dealkylation sites (N-methyl/N-ethyl adjacent to an activating group) is 1. The quantitative estimate of drug-likeness (QED) is 0.0931. The number of β-amino-alcohol motifs (C(OH)–C–C–N with tert-alkyl or cyclic N) is 1. The number of methoxy groups -OCH3 is 1. The van der Waals surface area contributed by atoms with Gasteiger partial charge in [-0.15, -0.1) is 0 Å². The van der Waals surface area contributed by atoms with E-state index >= 15 is 0 Å². The highest BCUT2D eigenvalue weighted by atomic mass is 35.5. The van der Waals surface area contributed by atoms with Crippen molar-refractivity contribution in [2.24, 2.45) is 5.92 Å². The summed E-state index contributed by atoms with van der Waals surface area (Å²) >= 11 is 6.93. The topological polar surface area (TPSA) is 156 Å². The number of fused-ring (bicyclic) bond motifs is 1. The van der Waals surface area contributed by atoms with E-state index in [1.807, 2.05) is 18.2 Å². The molecule has 13 heteroatoms. The fourth-order valence-electron chi connectivity index (χ4n) is 7.47. The molecule has 5 N–H and O–H groups in total. The molecule has 1 aliphatic carbocycles. The number of aromatic nitrogens is 1. The van der Waals surface area contributed by atoms with E-state index in [0.717, 1.165) is 50.1 Å². The monoisotopic (exact) mass is 786 g/mol. The third-order valence-electron chi connectivity index (χ3n) is 11.4. The maximum atomic E-state index is 13.2. The minimum atomic E-state index is -0.715. The SMILES string of the molecule is C=C1N(CCO)C=C(C(=O)Nc2cccc(-c3cccc(-c4cc5c(c(OC)n4)C(C)CC5)c3Cl)c2O)C(=O)N1C.CCC(C)CCC1(CC)CCNC(=O)N1. The Hall–Kier alpha value is -5.07. The number of aromatic hydroxyl groups is 1. The Bertz CT molecular complexity index is 2000. The summed E-state index contributed by atoms with van der Waals surface area (Å²) in [5, 5.41) is 29.5. The molecule has 3 unspecified atom stereocenters. The molecule has 2 aromatic carbocycles. The van der Waals surface area contributed by atoms with Crippen LogP contribution >= 0.6 is 11.6 Å². The number of urea groups is 1. The molecule has 1 saturated heterocycles. The number of hydrogen-bond acceptors (Lipinski definition) is 8. The average Bonchev–Trinajstić information content (AvgIpc) is 3.58. The lowest BCUT2D eigenvalue weighted by Crippen LogP contribution is -2.58. The molecule has 0 radical (unpaired) electrons. The number of carbonyl (C=O) groups excluding carboxylic acids is 3. The van der Waals surface area contributed by atoms with Crippen molar-refractivity contribution in [2.45, 2.75) is 84.1 Å². The molecule has 3 aliphatic rings. The number of ether oxygens (including phenoxy) is 1. The molecule has 1 fully saturated rings. The Morgan fingerprint density at radius 1 is 1.18 bits per heavy atom. The number of aliphatic hydroxyl groups is 1. The van der Waals surface area contributed by atoms with Crippen LogP contribution in [0.2, 0.25) is 5.02 Å². The van der Waals surface area contributed by atoms with E-state index < -0.39 is 11.8 Å². The Kier molecular flexibility index (Phi) is 13.7. The van der Waals surface area contributed by atoms with Crippen molar-refractivity contribution in [2.75, 3.05) is 39.2 Å². The number of halogens is 1. The number of aliphatic hydroxyl groups excluding tert-OH is 1. The largest absolute Gasteiger partial charge is 0.505 e. The molecule has 12 nitrogen and oxygen atoms in total. The van der Waals surface area contributed by atoms with Gasteiger partial charge in [-0.2, -0.15) is 0 Å². The highest BCUT2D eigenvalue weighted by Crippen LogP contribution is 2.45. The summed E-state index contributed by atoms with van der Waals surface area (Å²) in [7, 11) is 3.11. The second-order valence-electron chi connectivity index (χ2n) is 14.9. The van der Waals surface area contributed by atoms with Gasteiger partial charge in [0.1, 0.15) is 17.1 Å². The number of phenols is 1. The fraction of sp³-hybridized carbons (Fsp3) is 0.442. The van der Waals surface area contributed by atoms with Gasteiger partial charge in [-0.25, -0.2) is 9.78 Å². The molecule has 3 atom stereocenters. The Morgan fingerprint density at radius 3 is 2.57 bits per heavy atom. The predicted molar refractivity (Wildman–Crippen MR) is 220 cm³/mol. The van der Waals surface area contributed by atoms with Crippen molar-refractivity contribution in [1.29, 1.82) is 0 Å². The minimum absolute atomic E-state index is 0.00671. The van der Waals surface area contributed by atoms with Gasteiger partial charge in [-0.3, -0.25) is 14.5 Å². The molecule has 4 amide bonds. The zero-order valence-electron chi connectivity index (χ0n) is 33.3. The van der Waals surface area contributed by atoms with E-state index in [-0.39, 0.29) is 41.7 Å². The number of hydrogen-bond donors (Lipinski definition) is 5. The van der Waals surface area contributed by atoms with E-state index in [4.69, 9.17) is 21.3 Å². The number of rotatable bonds is 12. The van der Waals surface area contributed by atoms with Gasteiger partial charge in [0, 0.05) is 54.1 Å². The summed E-state index contributed by atoms with van der Waals surface area (Å²) in [6.07, 6.45) is 8.97. The first-order valence-corrected chi connectivity index (χ1v) is 19.8. The number of nitrogens with zero attached hydrogens (tertiary/aromatic N) is 3. The van der Waals surface area contributed by atoms with Crippen LogP contribution in [-0.2, 0) is 16.0 Å². The van der Waals surface area contributed by atoms with Crippen LogP contribution < -0.4 is 20.7 Å². The number of pyridine rings is 1. The maximum Gasteiger partial charge on any atom is 0.315 e. The zero-order chi connectivity index (χ0) is 40.7. The lowest BCUT2D eigenvalue weighted by Gasteiger charge is -2.38. The molecule has 0 spiro atoms. The van der Waals surface area contributed by atoms with E-state index in [2.05, 4.69) is 50.2 Å². The summed E-state index contributed by atoms with van der Waals surface area (Å²) in [5.41, 5.74) is 4.62. The first kappa shape index (κ1) is 42.1. The number of anilines is 1. The number of amides is 4. The minimum Gasteiger partial charge on any atom is -0.505 e. The highest BCUT2D eigenvalue weighted by molar-refractivity contribution is 6.36. The van der Waals surface area contributed by atoms with Gasteiger partial charge in [-0.05, 0) is 68.1 Å². The molecule has 1 aromatic heterocycles. The van der Waals surface area contributed by atoms with Crippen LogP contribution in [-0.4, -0.2) is 82.2 Å². The Labute approximate surface area is 335 Å². The number of para-hydroxylation sites is 1. The fourth-order valence-corrected chi connectivity index (χ4v) is 7.79. The van der Waals surface area contributed by atoms with E-state index in [9.17, 15) is 24.6 Å². The van der Waals surface area contributed by atoms with Gasteiger partial charge < -0.3 is 35.8 Å². The van der Waals surface area contributed by atoms with Crippen molar-refractivity contribution < 1.29 is 29.3 Å². The third-order valence-corrected chi connectivity index (χ3v) is 11.8. The lowest BCUT2D eigenvalue weighted by atomic mass is 9.83. The highest BCUT2D eigenvalue weighted by Gasteiger charge is 2.34. The molecular formula is C43H55ClN6O6. The van der Waals surface area contributed by atoms with Crippen LogP contribution in [0.1, 0.15) is 83.3 Å². The summed E-state index contributed by atoms with van der Waals surface area (Å²) in [5.74, 6) is 0.588. The summed E-state index contributed by atoms with van der Waals surface area (Å²) in [6, 6.07) is 12.4. The number of benzene rings is 2. The lowest BCUT2D eigenvalue weighted by molar-refractivity contribution is -0.128. The molecule has 56 heavy (non-hydrogen) atoms. The smallest absolute Gasteiger partial charge is 0.315 e. The van der Waals surface area contributed by atoms with Crippen molar-refractivity contribution in [3.63, 3.8) is 0 Å². The zero-order valence-corrected chi connectivity index (χ0v) is 34.1. The average molecular weight is 787 g/mol. The normalized spacial score (nSPS) is 19.6. The molecule has 0 saturated carbocycles. The van der Waals surface area contributed by atoms with Crippen molar-refractivity contribution in [3.05, 3.63) is 82.8 Å². The molecular weight excluding hydrogens is 732 g/mol. The van der Waals surface area contributed by atoms with Gasteiger partial charge in [0.15, 0.2) is 0 Å². The molecule has 3 aromatic rings. The van der Waals surface area contributed by atoms with Crippen LogP contribution in [0.5, 0.6) is 11.6 Å². The van der Waals surface area contributed by atoms with Crippen LogP contribution in [0.25, 0.3) is 22.4 Å². The molecule has 6 rings (SSSR count). The van der Waals surface area contributed by atoms with Crippen LogP contribution in [0.15, 0.2) is 66.6 Å². The predicted octanol–water partition coefficient (Wildman–Crippen LogP) is 7.56. The number of phenolic OH excluding ortho intramolecular Hbond substituents is 1. The second kappa shape index (κ2) is 18.3. The van der Waals surface area contributed by atoms with Gasteiger partial charge >= 0.3 is 6.03 Å². The van der Waals surface area contributed by atoms with Crippen molar-refractivity contribution in [3.8, 4) is 34.0 Å². The Balaban J connectivity index is 0.000000337. The summed E-state index contributed by atoms with van der Waals surface area (Å²) < 4.78 is 5.62.